The highest BCUT2D eigenvalue weighted by Crippen LogP contribution is 2.34. The van der Waals surface area contributed by atoms with Crippen LogP contribution in [-0.4, -0.2) is 30.8 Å². The first-order valence-corrected chi connectivity index (χ1v) is 5.37. The number of benzene rings is 1. The van der Waals surface area contributed by atoms with Gasteiger partial charge in [-0.05, 0) is 13.0 Å². The number of ketones is 1. The SMILES string of the molecule is COC(=O)C1(C(C)=O)C=Nc2ccccc2C1=N. The van der Waals surface area contributed by atoms with Gasteiger partial charge >= 0.3 is 5.97 Å². The lowest BCUT2D eigenvalue weighted by atomic mass is 9.75. The molecule has 0 radical (unpaired) electrons. The molecule has 0 bridgehead atoms. The van der Waals surface area contributed by atoms with E-state index in [1.807, 2.05) is 0 Å². The molecule has 0 saturated carbocycles. The lowest BCUT2D eigenvalue weighted by Crippen LogP contribution is -2.48. The molecule has 1 aliphatic rings. The van der Waals surface area contributed by atoms with Gasteiger partial charge in [0.25, 0.3) is 0 Å². The van der Waals surface area contributed by atoms with E-state index in [1.165, 1.54) is 20.2 Å². The Balaban J connectivity index is 2.65. The summed E-state index contributed by atoms with van der Waals surface area (Å²) in [7, 11) is 1.19. The molecule has 1 aromatic rings. The number of carbonyl (C=O) groups is 2. The average Bonchev–Trinajstić information content (AvgIpc) is 2.38. The molecule has 1 unspecified atom stereocenters. The van der Waals surface area contributed by atoms with Crippen LogP contribution in [0.5, 0.6) is 0 Å². The summed E-state index contributed by atoms with van der Waals surface area (Å²) in [6.45, 7) is 1.26. The highest BCUT2D eigenvalue weighted by atomic mass is 16.5. The van der Waals surface area contributed by atoms with Crippen molar-refractivity contribution in [2.45, 2.75) is 6.92 Å². The van der Waals surface area contributed by atoms with Crippen LogP contribution in [0, 0.1) is 10.8 Å². The van der Waals surface area contributed by atoms with Crippen molar-refractivity contribution in [1.29, 1.82) is 5.41 Å². The third-order valence-corrected chi connectivity index (χ3v) is 3.03. The van der Waals surface area contributed by atoms with Crippen molar-refractivity contribution in [1.82, 2.24) is 0 Å². The number of ether oxygens (including phenoxy) is 1. The van der Waals surface area contributed by atoms with Gasteiger partial charge < -0.3 is 10.1 Å². The Morgan fingerprint density at radius 1 is 1.33 bits per heavy atom. The third kappa shape index (κ3) is 1.48. The fourth-order valence-corrected chi connectivity index (χ4v) is 1.97. The van der Waals surface area contributed by atoms with Crippen molar-refractivity contribution < 1.29 is 14.3 Å². The normalized spacial score (nSPS) is 21.3. The first-order valence-electron chi connectivity index (χ1n) is 5.37. The molecule has 1 atom stereocenters. The fourth-order valence-electron chi connectivity index (χ4n) is 1.97. The molecular weight excluding hydrogens is 232 g/mol. The average molecular weight is 244 g/mol. The monoisotopic (exact) mass is 244 g/mol. The first kappa shape index (κ1) is 12.2. The van der Waals surface area contributed by atoms with E-state index in [-0.39, 0.29) is 5.71 Å². The van der Waals surface area contributed by atoms with Gasteiger partial charge in [-0.3, -0.25) is 14.6 Å². The number of hydrogen-bond donors (Lipinski definition) is 1. The number of para-hydroxylation sites is 1. The molecule has 92 valence electrons. The summed E-state index contributed by atoms with van der Waals surface area (Å²) in [5, 5.41) is 8.13. The maximum Gasteiger partial charge on any atom is 0.331 e. The summed E-state index contributed by atoms with van der Waals surface area (Å²) < 4.78 is 4.65. The van der Waals surface area contributed by atoms with Crippen LogP contribution < -0.4 is 0 Å². The Kier molecular flexibility index (Phi) is 2.82. The zero-order valence-electron chi connectivity index (χ0n) is 10.1. The van der Waals surface area contributed by atoms with Crippen LogP contribution in [0.1, 0.15) is 12.5 Å². The fraction of sp³-hybridized carbons (Fsp3) is 0.231. The summed E-state index contributed by atoms with van der Waals surface area (Å²) in [5.41, 5.74) is -0.764. The molecular formula is C13H12N2O3. The van der Waals surface area contributed by atoms with Crippen molar-refractivity contribution >= 4 is 29.4 Å². The molecule has 0 fully saturated rings. The molecule has 0 aliphatic carbocycles. The molecule has 0 amide bonds. The van der Waals surface area contributed by atoms with E-state index in [2.05, 4.69) is 9.73 Å². The summed E-state index contributed by atoms with van der Waals surface area (Å²) in [6, 6.07) is 6.90. The van der Waals surface area contributed by atoms with E-state index < -0.39 is 17.2 Å². The van der Waals surface area contributed by atoms with E-state index in [0.717, 1.165) is 0 Å². The van der Waals surface area contributed by atoms with Gasteiger partial charge in [-0.1, -0.05) is 18.2 Å². The minimum absolute atomic E-state index is 0.0903. The van der Waals surface area contributed by atoms with Crippen LogP contribution in [0.4, 0.5) is 5.69 Å². The smallest absolute Gasteiger partial charge is 0.331 e. The molecule has 18 heavy (non-hydrogen) atoms. The number of methoxy groups -OCH3 is 1. The topological polar surface area (TPSA) is 79.6 Å². The van der Waals surface area contributed by atoms with E-state index in [0.29, 0.717) is 11.3 Å². The van der Waals surface area contributed by atoms with Gasteiger partial charge in [0.15, 0.2) is 5.78 Å². The van der Waals surface area contributed by atoms with Crippen LogP contribution in [0.3, 0.4) is 0 Å². The van der Waals surface area contributed by atoms with E-state index >= 15 is 0 Å². The lowest BCUT2D eigenvalue weighted by Gasteiger charge is -2.28. The maximum atomic E-state index is 11.9. The standard InChI is InChI=1S/C13H12N2O3/c1-8(16)13(12(17)18-2)7-15-10-6-4-3-5-9(10)11(13)14/h3-7,14H,1-2H3. The van der Waals surface area contributed by atoms with Gasteiger partial charge in [-0.2, -0.15) is 0 Å². The molecule has 5 nitrogen and oxygen atoms in total. The van der Waals surface area contributed by atoms with Crippen molar-refractivity contribution in [2.75, 3.05) is 7.11 Å². The zero-order chi connectivity index (χ0) is 13.3. The molecule has 1 heterocycles. The Morgan fingerprint density at radius 2 is 2.00 bits per heavy atom. The van der Waals surface area contributed by atoms with Crippen molar-refractivity contribution in [3.05, 3.63) is 29.8 Å². The maximum absolute atomic E-state index is 11.9. The van der Waals surface area contributed by atoms with Crippen LogP contribution in [0.15, 0.2) is 29.3 Å². The second-order valence-corrected chi connectivity index (χ2v) is 4.01. The molecule has 1 aromatic carbocycles. The van der Waals surface area contributed by atoms with Crippen LogP contribution >= 0.6 is 0 Å². The molecule has 1 N–H and O–H groups in total. The van der Waals surface area contributed by atoms with Gasteiger partial charge in [-0.15, -0.1) is 0 Å². The molecule has 1 aliphatic heterocycles. The van der Waals surface area contributed by atoms with E-state index in [9.17, 15) is 9.59 Å². The zero-order valence-corrected chi connectivity index (χ0v) is 10.1. The van der Waals surface area contributed by atoms with Crippen LogP contribution in [-0.2, 0) is 14.3 Å². The lowest BCUT2D eigenvalue weighted by molar-refractivity contribution is -0.148. The van der Waals surface area contributed by atoms with Gasteiger partial charge in [-0.25, -0.2) is 0 Å². The predicted octanol–water partition coefficient (Wildman–Crippen LogP) is 1.52. The van der Waals surface area contributed by atoms with Crippen LogP contribution in [0.2, 0.25) is 0 Å². The van der Waals surface area contributed by atoms with Gasteiger partial charge in [0.2, 0.25) is 5.41 Å². The first-order chi connectivity index (χ1) is 8.54. The van der Waals surface area contributed by atoms with Crippen LogP contribution in [0.25, 0.3) is 0 Å². The Hall–Kier alpha value is -2.30. The third-order valence-electron chi connectivity index (χ3n) is 3.03. The van der Waals surface area contributed by atoms with E-state index in [1.54, 1.807) is 24.3 Å². The summed E-state index contributed by atoms with van der Waals surface area (Å²) in [6.07, 6.45) is 1.20. The summed E-state index contributed by atoms with van der Waals surface area (Å²) in [4.78, 5) is 27.8. The number of nitrogens with one attached hydrogen (secondary N) is 1. The number of esters is 1. The van der Waals surface area contributed by atoms with Gasteiger partial charge in [0.1, 0.15) is 0 Å². The number of Topliss-reactive ketones (excluding diaryl/α,β-unsaturated/α-hetero) is 1. The van der Waals surface area contributed by atoms with Gasteiger partial charge in [0, 0.05) is 11.8 Å². The molecule has 5 heteroatoms. The van der Waals surface area contributed by atoms with Crippen molar-refractivity contribution in [2.24, 2.45) is 10.4 Å². The Labute approximate surface area is 104 Å². The molecule has 0 saturated heterocycles. The Morgan fingerprint density at radius 3 is 2.61 bits per heavy atom. The highest BCUT2D eigenvalue weighted by molar-refractivity contribution is 6.39. The summed E-state index contributed by atoms with van der Waals surface area (Å²) in [5.74, 6) is -1.25. The van der Waals surface area contributed by atoms with Gasteiger partial charge in [0.05, 0.1) is 18.5 Å². The second kappa shape index (κ2) is 4.18. The highest BCUT2D eigenvalue weighted by Gasteiger charge is 2.50. The minimum atomic E-state index is -1.72. The quantitative estimate of drug-likeness (QED) is 0.632. The van der Waals surface area contributed by atoms with Crippen molar-refractivity contribution in [3.8, 4) is 0 Å². The molecule has 0 spiro atoms. The Bertz CT molecular complexity index is 577. The number of hydrogen-bond acceptors (Lipinski definition) is 5. The molecule has 0 aromatic heterocycles. The van der Waals surface area contributed by atoms with Crippen molar-refractivity contribution in [3.63, 3.8) is 0 Å². The largest absolute Gasteiger partial charge is 0.468 e. The molecule has 2 rings (SSSR count). The number of aliphatic imine (C=N–C) groups is 1. The predicted molar refractivity (Wildman–Crippen MR) is 66.6 cm³/mol. The van der Waals surface area contributed by atoms with E-state index in [4.69, 9.17) is 5.41 Å². The second-order valence-electron chi connectivity index (χ2n) is 4.01. The number of carbonyl (C=O) groups excluding carboxylic acids is 2. The minimum Gasteiger partial charge on any atom is -0.468 e. The number of fused-ring (bicyclic) bond motifs is 1. The number of nitrogens with zero attached hydrogens (tertiary/aromatic N) is 1. The number of rotatable bonds is 2. The summed E-state index contributed by atoms with van der Waals surface area (Å²) >= 11 is 0.